The maximum atomic E-state index is 12.8. The van der Waals surface area contributed by atoms with Crippen molar-refractivity contribution in [2.24, 2.45) is 10.3 Å². The number of likely N-dealkylation sites (tertiary alicyclic amines) is 1. The zero-order chi connectivity index (χ0) is 22.9. The number of benzene rings is 2. The molecule has 4 rings (SSSR count). The molecular formula is C24H26ClN3O3S. The molecule has 0 aromatic heterocycles. The first-order valence-electron chi connectivity index (χ1n) is 10.7. The monoisotopic (exact) mass is 471 g/mol. The van der Waals surface area contributed by atoms with Crippen LogP contribution in [0.1, 0.15) is 43.9 Å². The van der Waals surface area contributed by atoms with Crippen molar-refractivity contribution in [2.75, 3.05) is 13.1 Å². The van der Waals surface area contributed by atoms with Crippen LogP contribution in [-0.4, -0.2) is 38.2 Å². The Morgan fingerprint density at radius 2 is 1.72 bits per heavy atom. The van der Waals surface area contributed by atoms with Crippen molar-refractivity contribution in [3.8, 4) is 0 Å². The Hall–Kier alpha value is -2.64. The summed E-state index contributed by atoms with van der Waals surface area (Å²) in [6.45, 7) is 4.93. The number of sulfonamides is 1. The van der Waals surface area contributed by atoms with Crippen LogP contribution in [0.25, 0.3) is 4.91 Å². The minimum Gasteiger partial charge on any atom is -0.356 e. The lowest BCUT2D eigenvalue weighted by atomic mass is 9.94. The minimum absolute atomic E-state index is 0.0381. The highest BCUT2D eigenvalue weighted by Crippen LogP contribution is 2.35. The van der Waals surface area contributed by atoms with Crippen LogP contribution >= 0.6 is 11.6 Å². The summed E-state index contributed by atoms with van der Waals surface area (Å²) in [6, 6.07) is 16.5. The van der Waals surface area contributed by atoms with E-state index in [2.05, 4.69) is 9.71 Å². The molecule has 2 aromatic rings. The average molecular weight is 472 g/mol. The van der Waals surface area contributed by atoms with E-state index in [4.69, 9.17) is 11.6 Å². The molecule has 0 saturated carbocycles. The van der Waals surface area contributed by atoms with E-state index in [-0.39, 0.29) is 22.8 Å². The van der Waals surface area contributed by atoms with E-state index in [1.54, 1.807) is 31.2 Å². The fourth-order valence-electron chi connectivity index (χ4n) is 4.29. The fourth-order valence-corrected chi connectivity index (χ4v) is 5.90. The fraction of sp³-hybridized carbons (Fsp3) is 0.333. The zero-order valence-electron chi connectivity index (χ0n) is 18.1. The Morgan fingerprint density at radius 1 is 1.09 bits per heavy atom. The largest absolute Gasteiger partial charge is 0.356 e. The third kappa shape index (κ3) is 4.59. The summed E-state index contributed by atoms with van der Waals surface area (Å²) in [7, 11) is -3.77. The first kappa shape index (κ1) is 22.6. The Labute approximate surface area is 194 Å². The number of amides is 1. The van der Waals surface area contributed by atoms with Gasteiger partial charge in [0.25, 0.3) is 10.0 Å². The van der Waals surface area contributed by atoms with Crippen LogP contribution in [0.5, 0.6) is 0 Å². The van der Waals surface area contributed by atoms with Crippen molar-refractivity contribution >= 4 is 38.3 Å². The average Bonchev–Trinajstić information content (AvgIpc) is 3.03. The second kappa shape index (κ2) is 9.08. The van der Waals surface area contributed by atoms with E-state index in [1.165, 1.54) is 0 Å². The molecule has 1 unspecified atom stereocenters. The molecule has 1 atom stereocenters. The highest BCUT2D eigenvalue weighted by molar-refractivity contribution is 8.00. The van der Waals surface area contributed by atoms with Crippen LogP contribution in [0, 0.1) is 5.92 Å². The number of rotatable bonds is 4. The Kier molecular flexibility index (Phi) is 6.40. The summed E-state index contributed by atoms with van der Waals surface area (Å²) in [5.74, 6) is 0.415. The SMILES string of the molecule is CC1=C(c2ccc(Cl)cc2)S(=O)(=O)N=C1N1CCC(C(=O)NC(C)c2ccccc2)CC1. The number of nitrogens with zero attached hydrogens (tertiary/aromatic N) is 2. The molecule has 2 heterocycles. The minimum atomic E-state index is -3.77. The van der Waals surface area contributed by atoms with Gasteiger partial charge in [0.1, 0.15) is 10.7 Å². The van der Waals surface area contributed by atoms with Crippen molar-refractivity contribution in [1.82, 2.24) is 10.2 Å². The lowest BCUT2D eigenvalue weighted by Gasteiger charge is -2.33. The maximum Gasteiger partial charge on any atom is 0.285 e. The zero-order valence-corrected chi connectivity index (χ0v) is 19.7. The van der Waals surface area contributed by atoms with Gasteiger partial charge in [-0.15, -0.1) is 4.40 Å². The normalized spacial score (nSPS) is 19.6. The molecule has 1 N–H and O–H groups in total. The molecule has 2 aliphatic heterocycles. The quantitative estimate of drug-likeness (QED) is 0.716. The molecular weight excluding hydrogens is 446 g/mol. The predicted octanol–water partition coefficient (Wildman–Crippen LogP) is 4.40. The molecule has 1 amide bonds. The molecule has 0 radical (unpaired) electrons. The summed E-state index contributed by atoms with van der Waals surface area (Å²) < 4.78 is 29.6. The van der Waals surface area contributed by atoms with Gasteiger partial charge >= 0.3 is 0 Å². The van der Waals surface area contributed by atoms with Crippen molar-refractivity contribution in [3.63, 3.8) is 0 Å². The van der Waals surface area contributed by atoms with Gasteiger partial charge in [-0.2, -0.15) is 8.42 Å². The van der Waals surface area contributed by atoms with Gasteiger partial charge in [-0.1, -0.05) is 54.1 Å². The maximum absolute atomic E-state index is 12.8. The molecule has 1 saturated heterocycles. The van der Waals surface area contributed by atoms with Gasteiger partial charge in [-0.25, -0.2) is 0 Å². The van der Waals surface area contributed by atoms with Crippen LogP contribution in [0.15, 0.2) is 64.6 Å². The topological polar surface area (TPSA) is 78.8 Å². The van der Waals surface area contributed by atoms with Gasteiger partial charge < -0.3 is 10.2 Å². The van der Waals surface area contributed by atoms with Crippen molar-refractivity contribution < 1.29 is 13.2 Å². The standard InChI is InChI=1S/C24H26ClN3O3S/c1-16-22(19-8-10-21(25)11-9-19)32(30,31)27-23(16)28-14-12-20(13-15-28)24(29)26-17(2)18-6-4-3-5-7-18/h3-11,17,20H,12-15H2,1-2H3,(H,26,29). The predicted molar refractivity (Wildman–Crippen MR) is 128 cm³/mol. The molecule has 0 bridgehead atoms. The molecule has 6 nitrogen and oxygen atoms in total. The smallest absolute Gasteiger partial charge is 0.285 e. The Balaban J connectivity index is 1.43. The van der Waals surface area contributed by atoms with Crippen LogP contribution in [0.2, 0.25) is 5.02 Å². The third-order valence-corrected chi connectivity index (χ3v) is 7.79. The summed E-state index contributed by atoms with van der Waals surface area (Å²) >= 11 is 5.95. The van der Waals surface area contributed by atoms with Gasteiger partial charge in [0.2, 0.25) is 5.91 Å². The van der Waals surface area contributed by atoms with Gasteiger partial charge in [-0.05, 0) is 49.9 Å². The first-order valence-corrected chi connectivity index (χ1v) is 12.5. The van der Waals surface area contributed by atoms with Crippen molar-refractivity contribution in [3.05, 3.63) is 76.3 Å². The lowest BCUT2D eigenvalue weighted by molar-refractivity contribution is -0.126. The molecule has 2 aromatic carbocycles. The van der Waals surface area contributed by atoms with E-state index < -0.39 is 10.0 Å². The second-order valence-electron chi connectivity index (χ2n) is 8.25. The third-order valence-electron chi connectivity index (χ3n) is 6.07. The van der Waals surface area contributed by atoms with Crippen molar-refractivity contribution in [2.45, 2.75) is 32.7 Å². The van der Waals surface area contributed by atoms with Gasteiger partial charge in [-0.3, -0.25) is 4.79 Å². The van der Waals surface area contributed by atoms with Crippen LogP contribution in [-0.2, 0) is 14.8 Å². The highest BCUT2D eigenvalue weighted by Gasteiger charge is 2.35. The van der Waals surface area contributed by atoms with Crippen LogP contribution in [0.4, 0.5) is 0 Å². The summed E-state index contributed by atoms with van der Waals surface area (Å²) in [4.78, 5) is 15.0. The number of piperidine rings is 1. The molecule has 0 aliphatic carbocycles. The van der Waals surface area contributed by atoms with E-state index in [0.29, 0.717) is 47.9 Å². The van der Waals surface area contributed by atoms with E-state index in [0.717, 1.165) is 5.56 Å². The van der Waals surface area contributed by atoms with Gasteiger partial charge in [0.05, 0.1) is 6.04 Å². The number of halogens is 1. The molecule has 1 fully saturated rings. The molecule has 0 spiro atoms. The number of carbonyl (C=O) groups excluding carboxylic acids is 1. The molecule has 2 aliphatic rings. The number of hydrogen-bond acceptors (Lipinski definition) is 4. The van der Waals surface area contributed by atoms with Crippen LogP contribution in [0.3, 0.4) is 0 Å². The number of carbonyl (C=O) groups is 1. The van der Waals surface area contributed by atoms with E-state index in [1.807, 2.05) is 42.2 Å². The summed E-state index contributed by atoms with van der Waals surface area (Å²) in [5, 5.41) is 3.65. The molecule has 32 heavy (non-hydrogen) atoms. The van der Waals surface area contributed by atoms with Gasteiger partial charge in [0.15, 0.2) is 0 Å². The van der Waals surface area contributed by atoms with Gasteiger partial charge in [0, 0.05) is 29.6 Å². The Morgan fingerprint density at radius 3 is 2.34 bits per heavy atom. The second-order valence-corrected chi connectivity index (χ2v) is 10.2. The first-order chi connectivity index (χ1) is 15.3. The van der Waals surface area contributed by atoms with Crippen molar-refractivity contribution in [1.29, 1.82) is 0 Å². The van der Waals surface area contributed by atoms with E-state index >= 15 is 0 Å². The molecule has 168 valence electrons. The lowest BCUT2D eigenvalue weighted by Crippen LogP contribution is -2.43. The van der Waals surface area contributed by atoms with E-state index in [9.17, 15) is 13.2 Å². The molecule has 8 heteroatoms. The highest BCUT2D eigenvalue weighted by atomic mass is 35.5. The number of hydrogen-bond donors (Lipinski definition) is 1. The van der Waals surface area contributed by atoms with Crippen LogP contribution < -0.4 is 5.32 Å². The summed E-state index contributed by atoms with van der Waals surface area (Å²) in [5.41, 5.74) is 2.28. The number of amidine groups is 1. The number of nitrogens with one attached hydrogen (secondary N) is 1. The Bertz CT molecular complexity index is 1170. The summed E-state index contributed by atoms with van der Waals surface area (Å²) in [6.07, 6.45) is 1.30.